The van der Waals surface area contributed by atoms with Gasteiger partial charge in [-0.1, -0.05) is 0 Å². The second kappa shape index (κ2) is 5.61. The van der Waals surface area contributed by atoms with Crippen LogP contribution in [-0.2, 0) is 11.8 Å². The molecule has 1 aliphatic heterocycles. The molecule has 3 rings (SSSR count). The van der Waals surface area contributed by atoms with Crippen molar-refractivity contribution in [1.29, 1.82) is 0 Å². The summed E-state index contributed by atoms with van der Waals surface area (Å²) in [5.74, 6) is 0.714. The van der Waals surface area contributed by atoms with E-state index in [1.165, 1.54) is 12.4 Å². The van der Waals surface area contributed by atoms with E-state index in [0.717, 1.165) is 11.5 Å². The Morgan fingerprint density at radius 3 is 2.95 bits per heavy atom. The first kappa shape index (κ1) is 13.7. The van der Waals surface area contributed by atoms with Crippen molar-refractivity contribution in [2.24, 2.45) is 7.05 Å². The van der Waals surface area contributed by atoms with Crippen LogP contribution in [0.2, 0.25) is 0 Å². The van der Waals surface area contributed by atoms with Crippen LogP contribution in [0, 0.1) is 6.92 Å². The third-order valence-corrected chi connectivity index (χ3v) is 3.46. The third kappa shape index (κ3) is 2.78. The van der Waals surface area contributed by atoms with Crippen LogP contribution in [0.4, 0.5) is 0 Å². The standard InChI is InChI=1S/C14H17N5O2/c1-10-8-18(2)13(17-10)12-9-19(5-6-21-12)14(20)11-7-15-3-4-16-11/h3-4,7-8,12H,5-6,9H2,1-2H3/t12-/m0/s1. The molecule has 7 heteroatoms. The summed E-state index contributed by atoms with van der Waals surface area (Å²) >= 11 is 0. The summed E-state index contributed by atoms with van der Waals surface area (Å²) in [4.78, 5) is 26.6. The first-order chi connectivity index (χ1) is 10.1. The van der Waals surface area contributed by atoms with Gasteiger partial charge in [0.15, 0.2) is 0 Å². The molecule has 0 spiro atoms. The van der Waals surface area contributed by atoms with Crippen molar-refractivity contribution in [1.82, 2.24) is 24.4 Å². The lowest BCUT2D eigenvalue weighted by Crippen LogP contribution is -2.43. The van der Waals surface area contributed by atoms with E-state index < -0.39 is 0 Å². The van der Waals surface area contributed by atoms with Gasteiger partial charge in [0.25, 0.3) is 5.91 Å². The molecule has 21 heavy (non-hydrogen) atoms. The highest BCUT2D eigenvalue weighted by molar-refractivity contribution is 5.92. The number of aromatic nitrogens is 4. The first-order valence-corrected chi connectivity index (χ1v) is 6.82. The Kier molecular flexibility index (Phi) is 3.66. The van der Waals surface area contributed by atoms with Crippen molar-refractivity contribution >= 4 is 5.91 Å². The summed E-state index contributed by atoms with van der Waals surface area (Å²) in [6.45, 7) is 3.45. The van der Waals surface area contributed by atoms with E-state index in [1.54, 1.807) is 11.1 Å². The third-order valence-electron chi connectivity index (χ3n) is 3.46. The topological polar surface area (TPSA) is 73.1 Å². The number of rotatable bonds is 2. The van der Waals surface area contributed by atoms with Gasteiger partial charge in [0.2, 0.25) is 0 Å². The number of hydrogen-bond acceptors (Lipinski definition) is 5. The molecule has 1 atom stereocenters. The van der Waals surface area contributed by atoms with E-state index >= 15 is 0 Å². The molecule has 0 aliphatic carbocycles. The van der Waals surface area contributed by atoms with Crippen LogP contribution >= 0.6 is 0 Å². The molecule has 2 aromatic rings. The van der Waals surface area contributed by atoms with Gasteiger partial charge in [0.05, 0.1) is 25.0 Å². The number of carbonyl (C=O) groups is 1. The second-order valence-electron chi connectivity index (χ2n) is 5.05. The highest BCUT2D eigenvalue weighted by Crippen LogP contribution is 2.22. The number of imidazole rings is 1. The summed E-state index contributed by atoms with van der Waals surface area (Å²) in [7, 11) is 1.93. The largest absolute Gasteiger partial charge is 0.367 e. The fourth-order valence-corrected chi connectivity index (χ4v) is 2.50. The average molecular weight is 287 g/mol. The summed E-state index contributed by atoms with van der Waals surface area (Å²) in [5.41, 5.74) is 1.29. The fraction of sp³-hybridized carbons (Fsp3) is 0.429. The minimum atomic E-state index is -0.210. The second-order valence-corrected chi connectivity index (χ2v) is 5.05. The summed E-state index contributed by atoms with van der Waals surface area (Å²) in [6.07, 6.45) is 6.29. The van der Waals surface area contributed by atoms with Crippen molar-refractivity contribution in [2.75, 3.05) is 19.7 Å². The highest BCUT2D eigenvalue weighted by Gasteiger charge is 2.29. The summed E-state index contributed by atoms with van der Waals surface area (Å²) < 4.78 is 7.70. The van der Waals surface area contributed by atoms with Crippen molar-refractivity contribution in [3.63, 3.8) is 0 Å². The van der Waals surface area contributed by atoms with Crippen molar-refractivity contribution < 1.29 is 9.53 Å². The molecule has 3 heterocycles. The van der Waals surface area contributed by atoms with Gasteiger partial charge in [-0.3, -0.25) is 9.78 Å². The van der Waals surface area contributed by atoms with Gasteiger partial charge in [-0.05, 0) is 6.92 Å². The fourth-order valence-electron chi connectivity index (χ4n) is 2.50. The van der Waals surface area contributed by atoms with Crippen LogP contribution in [0.1, 0.15) is 28.1 Å². The van der Waals surface area contributed by atoms with Crippen LogP contribution in [0.15, 0.2) is 24.8 Å². The molecule has 0 radical (unpaired) electrons. The SMILES string of the molecule is Cc1cn(C)c([C@@H]2CN(C(=O)c3cnccn3)CCO2)n1. The monoisotopic (exact) mass is 287 g/mol. The Balaban J connectivity index is 1.77. The van der Waals surface area contributed by atoms with Gasteiger partial charge < -0.3 is 14.2 Å². The van der Waals surface area contributed by atoms with Crippen molar-refractivity contribution in [2.45, 2.75) is 13.0 Å². The molecule has 7 nitrogen and oxygen atoms in total. The minimum Gasteiger partial charge on any atom is -0.367 e. The van der Waals surface area contributed by atoms with Gasteiger partial charge in [-0.25, -0.2) is 9.97 Å². The number of morpholine rings is 1. The van der Waals surface area contributed by atoms with Gasteiger partial charge in [0, 0.05) is 32.2 Å². The van der Waals surface area contributed by atoms with E-state index in [2.05, 4.69) is 15.0 Å². The summed E-state index contributed by atoms with van der Waals surface area (Å²) in [6, 6.07) is 0. The maximum absolute atomic E-state index is 12.4. The lowest BCUT2D eigenvalue weighted by Gasteiger charge is -2.32. The molecule has 0 aromatic carbocycles. The zero-order valence-electron chi connectivity index (χ0n) is 12.1. The molecule has 0 bridgehead atoms. The van der Waals surface area contributed by atoms with Gasteiger partial charge in [-0.2, -0.15) is 0 Å². The molecule has 1 amide bonds. The lowest BCUT2D eigenvalue weighted by molar-refractivity contribution is -0.0281. The molecule has 1 fully saturated rings. The van der Waals surface area contributed by atoms with Gasteiger partial charge >= 0.3 is 0 Å². The molecule has 0 unspecified atom stereocenters. The van der Waals surface area contributed by atoms with Crippen LogP contribution in [0.25, 0.3) is 0 Å². The van der Waals surface area contributed by atoms with Gasteiger partial charge in [0.1, 0.15) is 17.6 Å². The molecule has 110 valence electrons. The molecular weight excluding hydrogens is 270 g/mol. The van der Waals surface area contributed by atoms with Crippen molar-refractivity contribution in [3.8, 4) is 0 Å². The predicted molar refractivity (Wildman–Crippen MR) is 74.6 cm³/mol. The molecular formula is C14H17N5O2. The molecule has 2 aromatic heterocycles. The Hall–Kier alpha value is -2.28. The smallest absolute Gasteiger partial charge is 0.274 e. The quantitative estimate of drug-likeness (QED) is 0.814. The molecule has 0 N–H and O–H groups in total. The number of aryl methyl sites for hydroxylation is 2. The highest BCUT2D eigenvalue weighted by atomic mass is 16.5. The van der Waals surface area contributed by atoms with Crippen LogP contribution in [0.3, 0.4) is 0 Å². The average Bonchev–Trinajstić information content (AvgIpc) is 2.86. The van der Waals surface area contributed by atoms with E-state index in [-0.39, 0.29) is 12.0 Å². The maximum atomic E-state index is 12.4. The maximum Gasteiger partial charge on any atom is 0.274 e. The Morgan fingerprint density at radius 2 is 2.29 bits per heavy atom. The van der Waals surface area contributed by atoms with Crippen molar-refractivity contribution in [3.05, 3.63) is 42.0 Å². The molecule has 1 saturated heterocycles. The van der Waals surface area contributed by atoms with Crippen LogP contribution < -0.4 is 0 Å². The normalized spacial score (nSPS) is 18.8. The first-order valence-electron chi connectivity index (χ1n) is 6.82. The zero-order chi connectivity index (χ0) is 14.8. The lowest BCUT2D eigenvalue weighted by atomic mass is 10.2. The van der Waals surface area contributed by atoms with E-state index in [9.17, 15) is 4.79 Å². The van der Waals surface area contributed by atoms with Crippen LogP contribution in [0.5, 0.6) is 0 Å². The number of nitrogens with zero attached hydrogens (tertiary/aromatic N) is 5. The Morgan fingerprint density at radius 1 is 1.43 bits per heavy atom. The Labute approximate surface area is 122 Å². The Bertz CT molecular complexity index is 640. The van der Waals surface area contributed by atoms with E-state index in [4.69, 9.17) is 4.74 Å². The van der Waals surface area contributed by atoms with E-state index in [1.807, 2.05) is 24.7 Å². The van der Waals surface area contributed by atoms with Gasteiger partial charge in [-0.15, -0.1) is 0 Å². The number of ether oxygens (including phenoxy) is 1. The molecule has 0 saturated carbocycles. The zero-order valence-corrected chi connectivity index (χ0v) is 12.1. The summed E-state index contributed by atoms with van der Waals surface area (Å²) in [5, 5.41) is 0. The predicted octanol–water partition coefficient (Wildman–Crippen LogP) is 0.732. The number of amides is 1. The molecule has 1 aliphatic rings. The van der Waals surface area contributed by atoms with E-state index in [0.29, 0.717) is 25.4 Å². The number of hydrogen-bond donors (Lipinski definition) is 0. The minimum absolute atomic E-state index is 0.123. The number of carbonyl (C=O) groups excluding carboxylic acids is 1. The van der Waals surface area contributed by atoms with Crippen LogP contribution in [-0.4, -0.2) is 50.0 Å².